The summed E-state index contributed by atoms with van der Waals surface area (Å²) < 4.78 is 5.75. The molecular formula is C26H31N3O2. The molecule has 3 aromatic rings. The van der Waals surface area contributed by atoms with Gasteiger partial charge in [0.2, 0.25) is 0 Å². The number of aromatic nitrogens is 1. The van der Waals surface area contributed by atoms with Gasteiger partial charge in [-0.15, -0.1) is 0 Å². The van der Waals surface area contributed by atoms with Crippen LogP contribution < -0.4 is 15.4 Å². The van der Waals surface area contributed by atoms with Crippen LogP contribution in [0.25, 0.3) is 10.9 Å². The standard InChI is InChI=1S/C26H31N3O2/c1-16(2)28-18(4)22-13-21-9-12-24(17(3)25(21)27-14-22)29-26(30)20-7-10-23(11-8-20)31-15-19-5-6-19/h7-14,16,18-19,28H,5-6,15H2,1-4H3,(H,29,30). The summed E-state index contributed by atoms with van der Waals surface area (Å²) >= 11 is 0. The highest BCUT2D eigenvalue weighted by Gasteiger charge is 2.22. The van der Waals surface area contributed by atoms with E-state index in [9.17, 15) is 4.79 Å². The predicted molar refractivity (Wildman–Crippen MR) is 126 cm³/mol. The quantitative estimate of drug-likeness (QED) is 0.498. The molecule has 4 rings (SSSR count). The number of rotatable bonds is 8. The fraction of sp³-hybridized carbons (Fsp3) is 0.385. The fourth-order valence-electron chi connectivity index (χ4n) is 3.73. The first kappa shape index (κ1) is 21.3. The van der Waals surface area contributed by atoms with Gasteiger partial charge in [-0.05, 0) is 80.1 Å². The molecule has 1 heterocycles. The third kappa shape index (κ3) is 5.23. The largest absolute Gasteiger partial charge is 0.493 e. The van der Waals surface area contributed by atoms with Gasteiger partial charge >= 0.3 is 0 Å². The third-order valence-corrected chi connectivity index (χ3v) is 5.76. The van der Waals surface area contributed by atoms with E-state index < -0.39 is 0 Å². The highest BCUT2D eigenvalue weighted by Crippen LogP contribution is 2.30. The molecular weight excluding hydrogens is 386 g/mol. The molecule has 1 fully saturated rings. The number of amides is 1. The first-order chi connectivity index (χ1) is 14.9. The lowest BCUT2D eigenvalue weighted by atomic mass is 10.0. The maximum Gasteiger partial charge on any atom is 0.255 e. The predicted octanol–water partition coefficient (Wildman–Crippen LogP) is 5.64. The number of ether oxygens (including phenoxy) is 1. The van der Waals surface area contributed by atoms with Gasteiger partial charge in [-0.1, -0.05) is 19.9 Å². The zero-order valence-corrected chi connectivity index (χ0v) is 18.7. The second-order valence-electron chi connectivity index (χ2n) is 8.85. The van der Waals surface area contributed by atoms with Crippen LogP contribution in [0.4, 0.5) is 5.69 Å². The van der Waals surface area contributed by atoms with Crippen LogP contribution in [-0.4, -0.2) is 23.5 Å². The Kier molecular flexibility index (Phi) is 6.23. The van der Waals surface area contributed by atoms with Crippen molar-refractivity contribution >= 4 is 22.5 Å². The fourth-order valence-corrected chi connectivity index (χ4v) is 3.73. The van der Waals surface area contributed by atoms with E-state index in [-0.39, 0.29) is 11.9 Å². The molecule has 0 aliphatic heterocycles. The van der Waals surface area contributed by atoms with Gasteiger partial charge in [0.05, 0.1) is 12.1 Å². The number of fused-ring (bicyclic) bond motifs is 1. The highest BCUT2D eigenvalue weighted by atomic mass is 16.5. The van der Waals surface area contributed by atoms with Gasteiger partial charge in [-0.3, -0.25) is 9.78 Å². The summed E-state index contributed by atoms with van der Waals surface area (Å²) in [5, 5.41) is 7.61. The van der Waals surface area contributed by atoms with Crippen molar-refractivity contribution in [3.8, 4) is 5.75 Å². The summed E-state index contributed by atoms with van der Waals surface area (Å²) in [6, 6.07) is 14.1. The van der Waals surface area contributed by atoms with Crippen LogP contribution in [0.5, 0.6) is 5.75 Å². The molecule has 162 valence electrons. The number of aryl methyl sites for hydroxylation is 1. The summed E-state index contributed by atoms with van der Waals surface area (Å²) in [7, 11) is 0. The summed E-state index contributed by atoms with van der Waals surface area (Å²) in [6.07, 6.45) is 4.44. The lowest BCUT2D eigenvalue weighted by Crippen LogP contribution is -2.26. The Hall–Kier alpha value is -2.92. The minimum absolute atomic E-state index is 0.137. The molecule has 1 aliphatic carbocycles. The summed E-state index contributed by atoms with van der Waals surface area (Å²) in [5.41, 5.74) is 4.41. The number of pyridine rings is 1. The van der Waals surface area contributed by atoms with Gasteiger partial charge in [-0.25, -0.2) is 0 Å². The van der Waals surface area contributed by atoms with Crippen molar-refractivity contribution in [2.75, 3.05) is 11.9 Å². The van der Waals surface area contributed by atoms with E-state index in [1.165, 1.54) is 12.8 Å². The highest BCUT2D eigenvalue weighted by molar-refractivity contribution is 6.06. The van der Waals surface area contributed by atoms with Crippen LogP contribution in [0, 0.1) is 12.8 Å². The molecule has 31 heavy (non-hydrogen) atoms. The van der Waals surface area contributed by atoms with Crippen LogP contribution in [0.15, 0.2) is 48.7 Å². The van der Waals surface area contributed by atoms with Crippen LogP contribution in [0.3, 0.4) is 0 Å². The number of hydrogen-bond donors (Lipinski definition) is 2. The zero-order chi connectivity index (χ0) is 22.0. The van der Waals surface area contributed by atoms with Gasteiger partial charge in [0.25, 0.3) is 5.91 Å². The summed E-state index contributed by atoms with van der Waals surface area (Å²) in [6.45, 7) is 9.18. The van der Waals surface area contributed by atoms with E-state index in [2.05, 4.69) is 37.5 Å². The van der Waals surface area contributed by atoms with Crippen molar-refractivity contribution < 1.29 is 9.53 Å². The molecule has 0 bridgehead atoms. The maximum absolute atomic E-state index is 12.8. The number of benzene rings is 2. The molecule has 1 unspecified atom stereocenters. The monoisotopic (exact) mass is 417 g/mol. The molecule has 1 saturated carbocycles. The number of carbonyl (C=O) groups is 1. The van der Waals surface area contributed by atoms with E-state index in [0.29, 0.717) is 17.5 Å². The topological polar surface area (TPSA) is 63.2 Å². The molecule has 5 heteroatoms. The van der Waals surface area contributed by atoms with Crippen LogP contribution in [0.1, 0.15) is 61.1 Å². The summed E-state index contributed by atoms with van der Waals surface area (Å²) in [5.74, 6) is 1.38. The Morgan fingerprint density at radius 2 is 1.87 bits per heavy atom. The van der Waals surface area contributed by atoms with Gasteiger partial charge in [0, 0.05) is 34.9 Å². The van der Waals surface area contributed by atoms with Crippen molar-refractivity contribution in [3.63, 3.8) is 0 Å². The Labute approximate surface area is 184 Å². The van der Waals surface area contributed by atoms with Crippen LogP contribution >= 0.6 is 0 Å². The molecule has 2 aromatic carbocycles. The Morgan fingerprint density at radius 3 is 2.55 bits per heavy atom. The first-order valence-electron chi connectivity index (χ1n) is 11.1. The van der Waals surface area contributed by atoms with Crippen molar-refractivity contribution in [3.05, 3.63) is 65.4 Å². The van der Waals surface area contributed by atoms with Crippen LogP contribution in [0.2, 0.25) is 0 Å². The molecule has 5 nitrogen and oxygen atoms in total. The third-order valence-electron chi connectivity index (χ3n) is 5.76. The van der Waals surface area contributed by atoms with Crippen LogP contribution in [-0.2, 0) is 0 Å². The number of anilines is 1. The summed E-state index contributed by atoms with van der Waals surface area (Å²) in [4.78, 5) is 17.4. The maximum atomic E-state index is 12.8. The Balaban J connectivity index is 1.47. The van der Waals surface area contributed by atoms with E-state index >= 15 is 0 Å². The lowest BCUT2D eigenvalue weighted by molar-refractivity contribution is 0.102. The molecule has 1 amide bonds. The van der Waals surface area contributed by atoms with Gasteiger partial charge < -0.3 is 15.4 Å². The minimum Gasteiger partial charge on any atom is -0.493 e. The van der Waals surface area contributed by atoms with Gasteiger partial charge in [-0.2, -0.15) is 0 Å². The van der Waals surface area contributed by atoms with Crippen molar-refractivity contribution in [1.29, 1.82) is 0 Å². The molecule has 1 aromatic heterocycles. The zero-order valence-electron chi connectivity index (χ0n) is 18.7. The van der Waals surface area contributed by atoms with E-state index in [4.69, 9.17) is 9.72 Å². The average molecular weight is 418 g/mol. The van der Waals surface area contributed by atoms with Gasteiger partial charge in [0.1, 0.15) is 5.75 Å². The van der Waals surface area contributed by atoms with E-state index in [0.717, 1.165) is 40.1 Å². The van der Waals surface area contributed by atoms with Gasteiger partial charge in [0.15, 0.2) is 0 Å². The number of carbonyl (C=O) groups excluding carboxylic acids is 1. The minimum atomic E-state index is -0.137. The van der Waals surface area contributed by atoms with E-state index in [1.807, 2.05) is 49.5 Å². The normalized spacial score (nSPS) is 14.6. The Morgan fingerprint density at radius 1 is 1.13 bits per heavy atom. The molecule has 0 radical (unpaired) electrons. The smallest absolute Gasteiger partial charge is 0.255 e. The van der Waals surface area contributed by atoms with Crippen molar-refractivity contribution in [1.82, 2.24) is 10.3 Å². The second kappa shape index (κ2) is 9.06. The number of hydrogen-bond acceptors (Lipinski definition) is 4. The number of nitrogens with zero attached hydrogens (tertiary/aromatic N) is 1. The average Bonchev–Trinajstić information content (AvgIpc) is 3.58. The second-order valence-corrected chi connectivity index (χ2v) is 8.85. The number of nitrogens with one attached hydrogen (secondary N) is 2. The molecule has 1 aliphatic rings. The van der Waals surface area contributed by atoms with Crippen molar-refractivity contribution in [2.24, 2.45) is 5.92 Å². The molecule has 1 atom stereocenters. The molecule has 0 spiro atoms. The van der Waals surface area contributed by atoms with Crippen molar-refractivity contribution in [2.45, 2.75) is 52.6 Å². The molecule has 0 saturated heterocycles. The molecule has 2 N–H and O–H groups in total. The first-order valence-corrected chi connectivity index (χ1v) is 11.1. The Bertz CT molecular complexity index is 1070. The SMILES string of the molecule is Cc1c(NC(=O)c2ccc(OCC3CC3)cc2)ccc2cc(C(C)NC(C)C)cnc12. The lowest BCUT2D eigenvalue weighted by Gasteiger charge is -2.18. The van der Waals surface area contributed by atoms with E-state index in [1.54, 1.807) is 0 Å².